The van der Waals surface area contributed by atoms with Crippen molar-refractivity contribution in [1.29, 1.82) is 0 Å². The molecule has 11 heteroatoms. The Morgan fingerprint density at radius 1 is 0.565 bits per heavy atom. The first-order valence-electron chi connectivity index (χ1n) is 20.5. The average Bonchev–Trinajstić information content (AvgIpc) is 3.26. The van der Waals surface area contributed by atoms with Gasteiger partial charge in [0.25, 0.3) is 9.05 Å². The molecule has 0 aliphatic heterocycles. The second-order valence-corrected chi connectivity index (χ2v) is 19.2. The lowest BCUT2D eigenvalue weighted by atomic mass is 10.1. The average molecular weight is 914 g/mol. The molecule has 2 aromatic heterocycles. The molecule has 7 aromatic rings. The van der Waals surface area contributed by atoms with Crippen LogP contribution in [0, 0.1) is 20.8 Å². The minimum atomic E-state index is -3.55. The van der Waals surface area contributed by atoms with Crippen LogP contribution in [0.25, 0.3) is 21.9 Å². The molecule has 0 amide bonds. The van der Waals surface area contributed by atoms with Crippen LogP contribution in [-0.4, -0.2) is 20.1 Å². The topological polar surface area (TPSA) is 115 Å². The van der Waals surface area contributed by atoms with Gasteiger partial charge in [-0.2, -0.15) is 0 Å². The number of thioether (sulfide) groups is 2. The zero-order valence-corrected chi connectivity index (χ0v) is 38.3. The Morgan fingerprint density at radius 2 is 0.968 bits per heavy atom. The second-order valence-electron chi connectivity index (χ2n) is 14.8. The van der Waals surface area contributed by atoms with E-state index in [1.54, 1.807) is 41.7 Å². The molecule has 2 heterocycles. The highest BCUT2D eigenvalue weighted by Crippen LogP contribution is 2.29. The number of hydrogen-bond donors (Lipinski definition) is 1. The smallest absolute Gasteiger partial charge is 0.261 e. The van der Waals surface area contributed by atoms with Crippen LogP contribution in [0.3, 0.4) is 0 Å². The summed E-state index contributed by atoms with van der Waals surface area (Å²) in [6, 6.07) is 38.5. The van der Waals surface area contributed by atoms with Gasteiger partial charge in [0.05, 0.1) is 15.7 Å². The van der Waals surface area contributed by atoms with Gasteiger partial charge < -0.3 is 13.9 Å². The molecule has 0 saturated heterocycles. The SMILES string of the molecule is C.CCCCCc1ccc(CSc2oc3ccccc3c(=O)c2C)cc1.Cc1c(SCc2ccc(CCCCO)cc2)oc2ccccc2c1=O.Cc1ccc(S(=O)(=O)Cl)cc1. The molecule has 328 valence electrons. The van der Waals surface area contributed by atoms with Crippen LogP contribution in [0.15, 0.2) is 155 Å². The standard InChI is InChI=1S/C22H24O2S.C21H22O3S.C7H7ClO2S.CH4/c1-3-4-5-8-17-11-13-18(14-12-17)15-25-22-16(2)21(23)19-9-6-7-10-20(19)24-22;1-15-20(23)18-7-2-3-8-19(18)24-21(15)25-14-17-11-9-16(10-12-17)6-4-5-13-22;1-6-2-4-7(5-3-6)11(8,9)10;/h6-7,9-14H,3-5,8,15H2,1-2H3;2-3,7-12,22H,4-6,13-14H2,1H3;2-5H,1H3;1H4. The number of halogens is 1. The largest absolute Gasteiger partial charge is 0.449 e. The highest BCUT2D eigenvalue weighted by molar-refractivity contribution is 8.13. The minimum Gasteiger partial charge on any atom is -0.449 e. The molecule has 62 heavy (non-hydrogen) atoms. The highest BCUT2D eigenvalue weighted by atomic mass is 35.7. The summed E-state index contributed by atoms with van der Waals surface area (Å²) in [6.45, 7) is 8.03. The first-order valence-corrected chi connectivity index (χ1v) is 24.7. The van der Waals surface area contributed by atoms with Gasteiger partial charge >= 0.3 is 0 Å². The number of unbranched alkanes of at least 4 members (excludes halogenated alkanes) is 3. The molecule has 0 aliphatic carbocycles. The molecule has 7 rings (SSSR count). The summed E-state index contributed by atoms with van der Waals surface area (Å²) in [7, 11) is 1.54. The maximum absolute atomic E-state index is 12.5. The van der Waals surface area contributed by atoms with E-state index in [0.29, 0.717) is 38.2 Å². The van der Waals surface area contributed by atoms with Crippen LogP contribution >= 0.6 is 34.2 Å². The van der Waals surface area contributed by atoms with Gasteiger partial charge in [0.2, 0.25) is 0 Å². The van der Waals surface area contributed by atoms with Crippen molar-refractivity contribution in [2.45, 2.75) is 107 Å². The Balaban J connectivity index is 0.000000218. The van der Waals surface area contributed by atoms with Crippen molar-refractivity contribution >= 4 is 65.2 Å². The van der Waals surface area contributed by atoms with Crippen molar-refractivity contribution < 1.29 is 22.4 Å². The molecule has 0 saturated carbocycles. The Labute approximate surface area is 379 Å². The van der Waals surface area contributed by atoms with E-state index in [4.69, 9.17) is 24.6 Å². The summed E-state index contributed by atoms with van der Waals surface area (Å²) in [6.07, 6.45) is 7.80. The zero-order chi connectivity index (χ0) is 43.8. The third-order valence-electron chi connectivity index (χ3n) is 9.99. The number of aliphatic hydroxyl groups is 1. The van der Waals surface area contributed by atoms with Crippen LogP contribution < -0.4 is 10.9 Å². The molecular weight excluding hydrogens is 856 g/mol. The van der Waals surface area contributed by atoms with E-state index < -0.39 is 9.05 Å². The lowest BCUT2D eigenvalue weighted by Gasteiger charge is -2.07. The molecular formula is C51H57ClO7S3. The minimum absolute atomic E-state index is 0. The van der Waals surface area contributed by atoms with Crippen molar-refractivity contribution in [3.8, 4) is 0 Å². The molecule has 0 atom stereocenters. The predicted molar refractivity (Wildman–Crippen MR) is 261 cm³/mol. The van der Waals surface area contributed by atoms with Crippen molar-refractivity contribution in [1.82, 2.24) is 0 Å². The molecule has 7 nitrogen and oxygen atoms in total. The molecule has 0 bridgehead atoms. The predicted octanol–water partition coefficient (Wildman–Crippen LogP) is 13.4. The molecule has 5 aromatic carbocycles. The number of benzene rings is 5. The molecule has 0 radical (unpaired) electrons. The fourth-order valence-corrected chi connectivity index (χ4v) is 8.99. The van der Waals surface area contributed by atoms with E-state index in [9.17, 15) is 18.0 Å². The maximum atomic E-state index is 12.5. The highest BCUT2D eigenvalue weighted by Gasteiger charge is 2.13. The number of hydrogen-bond acceptors (Lipinski definition) is 9. The van der Waals surface area contributed by atoms with E-state index in [-0.39, 0.29) is 29.8 Å². The van der Waals surface area contributed by atoms with E-state index in [0.717, 1.165) is 47.8 Å². The van der Waals surface area contributed by atoms with Gasteiger partial charge in [-0.05, 0) is 112 Å². The summed E-state index contributed by atoms with van der Waals surface area (Å²) in [4.78, 5) is 25.0. The molecule has 1 N–H and O–H groups in total. The van der Waals surface area contributed by atoms with Crippen molar-refractivity contribution in [2.24, 2.45) is 0 Å². The molecule has 0 fully saturated rings. The van der Waals surface area contributed by atoms with Crippen LogP contribution in [0.4, 0.5) is 0 Å². The van der Waals surface area contributed by atoms with Crippen molar-refractivity contribution in [2.75, 3.05) is 6.61 Å². The third-order valence-corrected chi connectivity index (χ3v) is 13.6. The first kappa shape index (κ1) is 50.1. The van der Waals surface area contributed by atoms with E-state index in [1.807, 2.05) is 63.2 Å². The van der Waals surface area contributed by atoms with Gasteiger partial charge in [-0.25, -0.2) is 8.42 Å². The Hall–Kier alpha value is -4.58. The monoisotopic (exact) mass is 912 g/mol. The number of aliphatic hydroxyl groups excluding tert-OH is 1. The van der Waals surface area contributed by atoms with E-state index in [2.05, 4.69) is 55.5 Å². The third kappa shape index (κ3) is 14.8. The van der Waals surface area contributed by atoms with Crippen LogP contribution in [0.5, 0.6) is 0 Å². The summed E-state index contributed by atoms with van der Waals surface area (Å²) in [5.41, 5.74) is 8.92. The quantitative estimate of drug-likeness (QED) is 0.0610. The summed E-state index contributed by atoms with van der Waals surface area (Å²) >= 11 is 3.15. The van der Waals surface area contributed by atoms with E-state index >= 15 is 0 Å². The van der Waals surface area contributed by atoms with Gasteiger partial charge in [-0.15, -0.1) is 0 Å². The van der Waals surface area contributed by atoms with Gasteiger partial charge in [-0.1, -0.05) is 141 Å². The van der Waals surface area contributed by atoms with Crippen LogP contribution in [0.2, 0.25) is 0 Å². The molecule has 0 unspecified atom stereocenters. The van der Waals surface area contributed by atoms with Gasteiger partial charge in [-0.3, -0.25) is 9.59 Å². The maximum Gasteiger partial charge on any atom is 0.261 e. The fraction of sp³-hybridized carbons (Fsp3) is 0.294. The lowest BCUT2D eigenvalue weighted by molar-refractivity contribution is 0.284. The Bertz CT molecular complexity index is 2560. The number of rotatable bonds is 15. The Kier molecular flexibility index (Phi) is 20.1. The van der Waals surface area contributed by atoms with Gasteiger partial charge in [0.1, 0.15) is 11.2 Å². The number of aryl methyl sites for hydroxylation is 3. The van der Waals surface area contributed by atoms with Gasteiger partial charge in [0.15, 0.2) is 21.0 Å². The molecule has 0 spiro atoms. The van der Waals surface area contributed by atoms with Crippen LogP contribution in [0.1, 0.15) is 85.4 Å². The summed E-state index contributed by atoms with van der Waals surface area (Å²) < 4.78 is 33.3. The van der Waals surface area contributed by atoms with Gasteiger partial charge in [0, 0.05) is 39.9 Å². The normalized spacial score (nSPS) is 11.0. The number of fused-ring (bicyclic) bond motifs is 2. The summed E-state index contributed by atoms with van der Waals surface area (Å²) in [5.74, 6) is 1.57. The summed E-state index contributed by atoms with van der Waals surface area (Å²) in [5, 5.41) is 11.5. The fourth-order valence-electron chi connectivity index (χ4n) is 6.33. The van der Waals surface area contributed by atoms with Crippen LogP contribution in [-0.2, 0) is 33.4 Å². The van der Waals surface area contributed by atoms with E-state index in [1.165, 1.54) is 53.6 Å². The van der Waals surface area contributed by atoms with Crippen molar-refractivity contribution in [3.05, 3.63) is 181 Å². The molecule has 0 aliphatic rings. The lowest BCUT2D eigenvalue weighted by Crippen LogP contribution is -2.06. The number of para-hydroxylation sites is 2. The second kappa shape index (κ2) is 24.9. The first-order chi connectivity index (χ1) is 29.4. The zero-order valence-electron chi connectivity index (χ0n) is 35.1. The van der Waals surface area contributed by atoms with Crippen molar-refractivity contribution in [3.63, 3.8) is 0 Å². The Morgan fingerprint density at radius 3 is 1.37 bits per heavy atom.